The number of hydrogen-bond acceptors (Lipinski definition) is 5. The molecule has 8 nitrogen and oxygen atoms in total. The molecule has 2 rings (SSSR count). The second-order valence-corrected chi connectivity index (χ2v) is 5.81. The van der Waals surface area contributed by atoms with Gasteiger partial charge in [-0.25, -0.2) is 0 Å². The monoisotopic (exact) mass is 331 g/mol. The fourth-order valence-electron chi connectivity index (χ4n) is 2.39. The van der Waals surface area contributed by atoms with Gasteiger partial charge in [0.05, 0.1) is 4.92 Å². The van der Waals surface area contributed by atoms with Crippen LogP contribution in [0.2, 0.25) is 0 Å². The molecule has 2 heterocycles. The first kappa shape index (κ1) is 18.4. The Morgan fingerprint density at radius 2 is 2.23 bits per heavy atom. The molecule has 1 aliphatic heterocycles. The van der Waals surface area contributed by atoms with E-state index in [0.717, 1.165) is 25.9 Å². The predicted octanol–water partition coefficient (Wildman–Crippen LogP) is 1.11. The number of piperidine rings is 1. The Balaban J connectivity index is 0.00000242. The molecule has 0 aromatic carbocycles. The molecule has 1 saturated heterocycles. The van der Waals surface area contributed by atoms with Gasteiger partial charge in [0.15, 0.2) is 0 Å². The zero-order valence-electron chi connectivity index (χ0n) is 12.6. The van der Waals surface area contributed by atoms with Gasteiger partial charge in [-0.3, -0.25) is 19.6 Å². The van der Waals surface area contributed by atoms with Gasteiger partial charge in [-0.1, -0.05) is 6.92 Å². The van der Waals surface area contributed by atoms with Crippen LogP contribution >= 0.6 is 12.4 Å². The molecule has 9 heteroatoms. The Morgan fingerprint density at radius 3 is 2.82 bits per heavy atom. The van der Waals surface area contributed by atoms with Crippen molar-refractivity contribution in [1.29, 1.82) is 0 Å². The number of amides is 1. The van der Waals surface area contributed by atoms with E-state index in [1.54, 1.807) is 0 Å². The third-order valence-electron chi connectivity index (χ3n) is 3.92. The Kier molecular flexibility index (Phi) is 6.76. The van der Waals surface area contributed by atoms with Crippen LogP contribution in [0.1, 0.15) is 26.2 Å². The highest BCUT2D eigenvalue weighted by molar-refractivity contribution is 5.85. The molecule has 22 heavy (non-hydrogen) atoms. The summed E-state index contributed by atoms with van der Waals surface area (Å²) in [4.78, 5) is 21.9. The number of rotatable bonds is 6. The van der Waals surface area contributed by atoms with Crippen LogP contribution in [-0.2, 0) is 11.3 Å². The van der Waals surface area contributed by atoms with Gasteiger partial charge in [-0.15, -0.1) is 12.4 Å². The molecular weight excluding hydrogens is 310 g/mol. The van der Waals surface area contributed by atoms with E-state index in [1.165, 1.54) is 17.1 Å². The van der Waals surface area contributed by atoms with Crippen molar-refractivity contribution >= 4 is 24.0 Å². The fraction of sp³-hybridized carbons (Fsp3) is 0.692. The molecule has 0 aliphatic carbocycles. The molecule has 1 fully saturated rings. The van der Waals surface area contributed by atoms with Crippen molar-refractivity contribution in [3.05, 3.63) is 22.5 Å². The van der Waals surface area contributed by atoms with Crippen molar-refractivity contribution < 1.29 is 9.72 Å². The SMILES string of the molecule is CC1(CNC(=O)CCn2cc([N+](=O)[O-])cn2)CCNCC1.Cl. The number of nitro groups is 1. The Bertz CT molecular complexity index is 514. The highest BCUT2D eigenvalue weighted by Gasteiger charge is 2.26. The summed E-state index contributed by atoms with van der Waals surface area (Å²) in [6, 6.07) is 0. The molecule has 124 valence electrons. The van der Waals surface area contributed by atoms with Crippen LogP contribution in [0, 0.1) is 15.5 Å². The number of carbonyl (C=O) groups excluding carboxylic acids is 1. The fourth-order valence-corrected chi connectivity index (χ4v) is 2.39. The number of halogens is 1. The van der Waals surface area contributed by atoms with Gasteiger partial charge < -0.3 is 10.6 Å². The minimum atomic E-state index is -0.498. The van der Waals surface area contributed by atoms with Gasteiger partial charge in [0.25, 0.3) is 0 Å². The first-order valence-corrected chi connectivity index (χ1v) is 7.13. The van der Waals surface area contributed by atoms with Gasteiger partial charge >= 0.3 is 5.69 Å². The molecule has 0 atom stereocenters. The van der Waals surface area contributed by atoms with Crippen LogP contribution < -0.4 is 10.6 Å². The van der Waals surface area contributed by atoms with E-state index in [9.17, 15) is 14.9 Å². The van der Waals surface area contributed by atoms with Crippen molar-refractivity contribution in [2.45, 2.75) is 32.7 Å². The van der Waals surface area contributed by atoms with Crippen LogP contribution in [0.4, 0.5) is 5.69 Å². The molecule has 0 spiro atoms. The standard InChI is InChI=1S/C13H21N5O3.ClH/c1-13(3-5-14-6-4-13)10-15-12(19)2-7-17-9-11(8-16-17)18(20)21;/h8-9,14H,2-7,10H2,1H3,(H,15,19);1H. The van der Waals surface area contributed by atoms with E-state index in [-0.39, 0.29) is 35.8 Å². The molecule has 0 radical (unpaired) electrons. The van der Waals surface area contributed by atoms with E-state index in [0.29, 0.717) is 13.1 Å². The Morgan fingerprint density at radius 1 is 1.55 bits per heavy atom. The Labute approximate surface area is 135 Å². The van der Waals surface area contributed by atoms with Crippen molar-refractivity contribution in [1.82, 2.24) is 20.4 Å². The zero-order chi connectivity index (χ0) is 15.3. The summed E-state index contributed by atoms with van der Waals surface area (Å²) in [5.74, 6) is -0.0482. The quantitative estimate of drug-likeness (QED) is 0.600. The maximum atomic E-state index is 11.8. The lowest BCUT2D eigenvalue weighted by Crippen LogP contribution is -2.43. The average molecular weight is 332 g/mol. The number of aromatic nitrogens is 2. The number of carbonyl (C=O) groups is 1. The minimum Gasteiger partial charge on any atom is -0.355 e. The third-order valence-corrected chi connectivity index (χ3v) is 3.92. The van der Waals surface area contributed by atoms with E-state index >= 15 is 0 Å². The van der Waals surface area contributed by atoms with Crippen LogP contribution in [0.3, 0.4) is 0 Å². The average Bonchev–Trinajstić information content (AvgIpc) is 2.93. The van der Waals surface area contributed by atoms with Crippen molar-refractivity contribution in [3.63, 3.8) is 0 Å². The Hall–Kier alpha value is -1.67. The maximum absolute atomic E-state index is 11.8. The lowest BCUT2D eigenvalue weighted by atomic mass is 9.81. The van der Waals surface area contributed by atoms with Crippen LogP contribution in [0.25, 0.3) is 0 Å². The lowest BCUT2D eigenvalue weighted by molar-refractivity contribution is -0.385. The second-order valence-electron chi connectivity index (χ2n) is 5.81. The summed E-state index contributed by atoms with van der Waals surface area (Å²) in [5.41, 5.74) is 0.100. The molecule has 2 N–H and O–H groups in total. The van der Waals surface area contributed by atoms with Gasteiger partial charge in [0.2, 0.25) is 5.91 Å². The summed E-state index contributed by atoms with van der Waals surface area (Å²) in [5, 5.41) is 20.7. The number of nitrogens with one attached hydrogen (secondary N) is 2. The molecule has 1 aromatic rings. The first-order valence-electron chi connectivity index (χ1n) is 7.13. The largest absolute Gasteiger partial charge is 0.355 e. The lowest BCUT2D eigenvalue weighted by Gasteiger charge is -2.34. The second kappa shape index (κ2) is 8.09. The van der Waals surface area contributed by atoms with Crippen molar-refractivity contribution in [2.75, 3.05) is 19.6 Å². The van der Waals surface area contributed by atoms with Crippen LogP contribution in [-0.4, -0.2) is 40.2 Å². The normalized spacial score (nSPS) is 16.6. The summed E-state index contributed by atoms with van der Waals surface area (Å²) in [7, 11) is 0. The van der Waals surface area contributed by atoms with Crippen molar-refractivity contribution in [2.24, 2.45) is 5.41 Å². The smallest absolute Gasteiger partial charge is 0.306 e. The minimum absolute atomic E-state index is 0. The molecule has 0 unspecified atom stereocenters. The molecule has 1 aromatic heterocycles. The number of nitrogens with zero attached hydrogens (tertiary/aromatic N) is 3. The molecule has 1 aliphatic rings. The first-order chi connectivity index (χ1) is 9.98. The molecule has 0 bridgehead atoms. The third kappa shape index (κ3) is 5.27. The van der Waals surface area contributed by atoms with Gasteiger partial charge in [0, 0.05) is 19.5 Å². The van der Waals surface area contributed by atoms with E-state index in [4.69, 9.17) is 0 Å². The van der Waals surface area contributed by atoms with Gasteiger partial charge in [-0.05, 0) is 31.3 Å². The number of hydrogen-bond donors (Lipinski definition) is 2. The maximum Gasteiger partial charge on any atom is 0.306 e. The molecule has 0 saturated carbocycles. The predicted molar refractivity (Wildman–Crippen MR) is 84.0 cm³/mol. The van der Waals surface area contributed by atoms with E-state index in [2.05, 4.69) is 22.7 Å². The summed E-state index contributed by atoms with van der Waals surface area (Å²) < 4.78 is 1.42. The van der Waals surface area contributed by atoms with Crippen LogP contribution in [0.5, 0.6) is 0 Å². The molecule has 1 amide bonds. The molecular formula is C13H22ClN5O3. The summed E-state index contributed by atoms with van der Waals surface area (Å²) >= 11 is 0. The van der Waals surface area contributed by atoms with Gasteiger partial charge in [-0.2, -0.15) is 5.10 Å². The van der Waals surface area contributed by atoms with E-state index in [1.807, 2.05) is 0 Å². The number of aryl methyl sites for hydroxylation is 1. The van der Waals surface area contributed by atoms with Crippen LogP contribution in [0.15, 0.2) is 12.4 Å². The topological polar surface area (TPSA) is 102 Å². The zero-order valence-corrected chi connectivity index (χ0v) is 13.4. The highest BCUT2D eigenvalue weighted by atomic mass is 35.5. The summed E-state index contributed by atoms with van der Waals surface area (Å²) in [6.07, 6.45) is 4.90. The highest BCUT2D eigenvalue weighted by Crippen LogP contribution is 2.26. The van der Waals surface area contributed by atoms with Gasteiger partial charge in [0.1, 0.15) is 12.4 Å². The van der Waals surface area contributed by atoms with Crippen molar-refractivity contribution in [3.8, 4) is 0 Å². The summed E-state index contributed by atoms with van der Waals surface area (Å²) in [6.45, 7) is 5.18. The van der Waals surface area contributed by atoms with E-state index < -0.39 is 4.92 Å².